The Balaban J connectivity index is 2.04. The predicted molar refractivity (Wildman–Crippen MR) is 75.4 cm³/mol. The van der Waals surface area contributed by atoms with E-state index in [9.17, 15) is 9.18 Å². The molecule has 5 nitrogen and oxygen atoms in total. The molecule has 0 saturated carbocycles. The number of fused-ring (bicyclic) bond motifs is 1. The van der Waals surface area contributed by atoms with Gasteiger partial charge in [0.25, 0.3) is 0 Å². The third-order valence-corrected chi connectivity index (χ3v) is 3.20. The number of carbonyl (C=O) groups is 1. The molecular weight excluding hydrogens is 259 g/mol. The number of hydrogen-bond acceptors (Lipinski definition) is 3. The minimum atomic E-state index is -0.882. The molecule has 0 saturated heterocycles. The first-order valence-corrected chi connectivity index (χ1v) is 6.63. The lowest BCUT2D eigenvalue weighted by molar-refractivity contribution is -0.126. The lowest BCUT2D eigenvalue weighted by atomic mass is 9.97. The van der Waals surface area contributed by atoms with Gasteiger partial charge in [-0.25, -0.2) is 9.37 Å². The van der Waals surface area contributed by atoms with Crippen molar-refractivity contribution in [1.29, 1.82) is 0 Å². The van der Waals surface area contributed by atoms with Crippen LogP contribution in [-0.2, 0) is 11.3 Å². The maximum absolute atomic E-state index is 13.1. The molecule has 1 atom stereocenters. The molecule has 20 heavy (non-hydrogen) atoms. The summed E-state index contributed by atoms with van der Waals surface area (Å²) in [6, 6.07) is 4.32. The Hall–Kier alpha value is -1.95. The largest absolute Gasteiger partial charge is 0.347 e. The molecule has 1 aromatic carbocycles. The first-order chi connectivity index (χ1) is 9.42. The first-order valence-electron chi connectivity index (χ1n) is 6.63. The molecule has 1 heterocycles. The molecule has 0 aliphatic heterocycles. The number of aromatic nitrogens is 2. The molecule has 0 spiro atoms. The molecule has 2 aromatic rings. The summed E-state index contributed by atoms with van der Waals surface area (Å²) >= 11 is 0. The zero-order valence-corrected chi connectivity index (χ0v) is 11.7. The maximum Gasteiger partial charge on any atom is 0.240 e. The molecule has 4 N–H and O–H groups in total. The molecule has 1 unspecified atom stereocenters. The first kappa shape index (κ1) is 14.5. The second-order valence-corrected chi connectivity index (χ2v) is 5.20. The van der Waals surface area contributed by atoms with Gasteiger partial charge in [-0.2, -0.15) is 0 Å². The van der Waals surface area contributed by atoms with E-state index in [0.29, 0.717) is 23.3 Å². The Kier molecular flexibility index (Phi) is 4.04. The quantitative estimate of drug-likeness (QED) is 0.780. The van der Waals surface area contributed by atoms with Crippen molar-refractivity contribution in [3.05, 3.63) is 29.8 Å². The van der Waals surface area contributed by atoms with Crippen molar-refractivity contribution in [1.82, 2.24) is 15.3 Å². The van der Waals surface area contributed by atoms with Gasteiger partial charge in [-0.1, -0.05) is 13.3 Å². The normalized spacial score (nSPS) is 14.2. The van der Waals surface area contributed by atoms with E-state index in [0.717, 1.165) is 6.42 Å². The van der Waals surface area contributed by atoms with Crippen molar-refractivity contribution >= 4 is 16.9 Å². The summed E-state index contributed by atoms with van der Waals surface area (Å²) in [5.41, 5.74) is 6.33. The monoisotopic (exact) mass is 278 g/mol. The van der Waals surface area contributed by atoms with Gasteiger partial charge in [0.05, 0.1) is 23.1 Å². The molecule has 108 valence electrons. The Morgan fingerprint density at radius 1 is 1.55 bits per heavy atom. The SMILES string of the molecule is CCCC(C)(N)C(=O)NCc1nc2ccc(F)cc2[nH]1. The van der Waals surface area contributed by atoms with E-state index in [1.807, 2.05) is 6.92 Å². The molecule has 0 bridgehead atoms. The van der Waals surface area contributed by atoms with Gasteiger partial charge in [0, 0.05) is 0 Å². The fourth-order valence-electron chi connectivity index (χ4n) is 2.12. The zero-order valence-electron chi connectivity index (χ0n) is 11.7. The summed E-state index contributed by atoms with van der Waals surface area (Å²) in [4.78, 5) is 19.2. The zero-order chi connectivity index (χ0) is 14.8. The lowest BCUT2D eigenvalue weighted by Crippen LogP contribution is -2.51. The number of aromatic amines is 1. The van der Waals surface area contributed by atoms with E-state index in [-0.39, 0.29) is 18.3 Å². The van der Waals surface area contributed by atoms with E-state index in [4.69, 9.17) is 5.73 Å². The average Bonchev–Trinajstić information content (AvgIpc) is 2.77. The third-order valence-electron chi connectivity index (χ3n) is 3.20. The molecule has 0 aliphatic carbocycles. The number of nitrogens with zero attached hydrogens (tertiary/aromatic N) is 1. The van der Waals surface area contributed by atoms with E-state index >= 15 is 0 Å². The summed E-state index contributed by atoms with van der Waals surface area (Å²) in [6.07, 6.45) is 1.45. The van der Waals surface area contributed by atoms with Crippen molar-refractivity contribution < 1.29 is 9.18 Å². The highest BCUT2D eigenvalue weighted by molar-refractivity contribution is 5.85. The van der Waals surface area contributed by atoms with Crippen LogP contribution < -0.4 is 11.1 Å². The Labute approximate surface area is 116 Å². The van der Waals surface area contributed by atoms with Crippen molar-refractivity contribution in [2.45, 2.75) is 38.8 Å². The Morgan fingerprint density at radius 2 is 2.30 bits per heavy atom. The molecule has 0 radical (unpaired) electrons. The maximum atomic E-state index is 13.1. The molecule has 6 heteroatoms. The number of carbonyl (C=O) groups excluding carboxylic acids is 1. The van der Waals surface area contributed by atoms with Gasteiger partial charge in [-0.15, -0.1) is 0 Å². The standard InChI is InChI=1S/C14H19FN4O/c1-3-6-14(2,16)13(20)17-8-12-18-10-5-4-9(15)7-11(10)19-12/h4-5,7H,3,6,8,16H2,1-2H3,(H,17,20)(H,18,19). The number of nitrogens with two attached hydrogens (primary N) is 1. The van der Waals surface area contributed by atoms with Crippen LogP contribution in [0.25, 0.3) is 11.0 Å². The van der Waals surface area contributed by atoms with Crippen LogP contribution in [0.2, 0.25) is 0 Å². The van der Waals surface area contributed by atoms with Crippen LogP contribution in [0.1, 0.15) is 32.5 Å². The summed E-state index contributed by atoms with van der Waals surface area (Å²) in [5, 5.41) is 2.75. The minimum absolute atomic E-state index is 0.217. The molecule has 1 aromatic heterocycles. The minimum Gasteiger partial charge on any atom is -0.347 e. The Bertz CT molecular complexity index is 621. The summed E-state index contributed by atoms with van der Waals surface area (Å²) < 4.78 is 13.1. The van der Waals surface area contributed by atoms with Crippen molar-refractivity contribution in [3.8, 4) is 0 Å². The molecule has 2 rings (SSSR count). The second kappa shape index (κ2) is 5.58. The predicted octanol–water partition coefficient (Wildman–Crippen LogP) is 1.84. The number of hydrogen-bond donors (Lipinski definition) is 3. The smallest absolute Gasteiger partial charge is 0.240 e. The molecule has 0 fully saturated rings. The second-order valence-electron chi connectivity index (χ2n) is 5.20. The summed E-state index contributed by atoms with van der Waals surface area (Å²) in [6.45, 7) is 3.93. The van der Waals surface area contributed by atoms with Crippen LogP contribution in [-0.4, -0.2) is 21.4 Å². The van der Waals surface area contributed by atoms with Crippen LogP contribution >= 0.6 is 0 Å². The molecule has 1 amide bonds. The van der Waals surface area contributed by atoms with Gasteiger partial charge in [0.15, 0.2) is 0 Å². The van der Waals surface area contributed by atoms with Crippen LogP contribution in [0.3, 0.4) is 0 Å². The van der Waals surface area contributed by atoms with Crippen LogP contribution in [0, 0.1) is 5.82 Å². The number of H-pyrrole nitrogens is 1. The van der Waals surface area contributed by atoms with E-state index in [1.54, 1.807) is 13.0 Å². The summed E-state index contributed by atoms with van der Waals surface area (Å²) in [7, 11) is 0. The van der Waals surface area contributed by atoms with Crippen molar-refractivity contribution in [2.24, 2.45) is 5.73 Å². The van der Waals surface area contributed by atoms with Gasteiger partial charge >= 0.3 is 0 Å². The Morgan fingerprint density at radius 3 is 3.00 bits per heavy atom. The highest BCUT2D eigenvalue weighted by atomic mass is 19.1. The van der Waals surface area contributed by atoms with E-state index in [2.05, 4.69) is 15.3 Å². The average molecular weight is 278 g/mol. The number of rotatable bonds is 5. The van der Waals surface area contributed by atoms with Crippen LogP contribution in [0.5, 0.6) is 0 Å². The number of imidazole rings is 1. The fourth-order valence-corrected chi connectivity index (χ4v) is 2.12. The number of halogens is 1. The fraction of sp³-hybridized carbons (Fsp3) is 0.429. The highest BCUT2D eigenvalue weighted by Crippen LogP contribution is 2.13. The van der Waals surface area contributed by atoms with E-state index < -0.39 is 5.54 Å². The van der Waals surface area contributed by atoms with Crippen LogP contribution in [0.15, 0.2) is 18.2 Å². The number of nitrogens with one attached hydrogen (secondary N) is 2. The summed E-state index contributed by atoms with van der Waals surface area (Å²) in [5.74, 6) is 0.0337. The number of amides is 1. The topological polar surface area (TPSA) is 83.8 Å². The van der Waals surface area contributed by atoms with Gasteiger partial charge in [-0.3, -0.25) is 4.79 Å². The van der Waals surface area contributed by atoms with Gasteiger partial charge < -0.3 is 16.0 Å². The van der Waals surface area contributed by atoms with Gasteiger partial charge in [0.1, 0.15) is 11.6 Å². The number of benzene rings is 1. The molecule has 0 aliphatic rings. The van der Waals surface area contributed by atoms with Crippen molar-refractivity contribution in [2.75, 3.05) is 0 Å². The van der Waals surface area contributed by atoms with Crippen molar-refractivity contribution in [3.63, 3.8) is 0 Å². The van der Waals surface area contributed by atoms with Gasteiger partial charge in [-0.05, 0) is 31.5 Å². The third kappa shape index (κ3) is 3.14. The van der Waals surface area contributed by atoms with Gasteiger partial charge in [0.2, 0.25) is 5.91 Å². The van der Waals surface area contributed by atoms with E-state index in [1.165, 1.54) is 12.1 Å². The lowest BCUT2D eigenvalue weighted by Gasteiger charge is -2.22. The van der Waals surface area contributed by atoms with Crippen LogP contribution in [0.4, 0.5) is 4.39 Å². The molecular formula is C14H19FN4O. The highest BCUT2D eigenvalue weighted by Gasteiger charge is 2.26.